The molecule has 8 heteroatoms. The maximum atomic E-state index is 13.1. The number of halogens is 1. The average Bonchev–Trinajstić information content (AvgIpc) is 3.40. The van der Waals surface area contributed by atoms with Crippen LogP contribution in [-0.2, 0) is 0 Å². The molecule has 2 aromatic heterocycles. The minimum Gasteiger partial charge on any atom is -0.504 e. The number of aromatic hydroxyl groups is 2. The summed E-state index contributed by atoms with van der Waals surface area (Å²) in [6.45, 7) is 1.81. The first-order valence-corrected chi connectivity index (χ1v) is 11.5. The highest BCUT2D eigenvalue weighted by molar-refractivity contribution is 7.08. The van der Waals surface area contributed by atoms with Crippen molar-refractivity contribution in [2.45, 2.75) is 6.92 Å². The van der Waals surface area contributed by atoms with Gasteiger partial charge in [-0.3, -0.25) is 4.79 Å². The zero-order valence-electron chi connectivity index (χ0n) is 18.2. The van der Waals surface area contributed by atoms with Crippen LogP contribution in [-0.4, -0.2) is 32.5 Å². The van der Waals surface area contributed by atoms with Gasteiger partial charge in [-0.2, -0.15) is 4.37 Å². The number of nitrogens with one attached hydrogen (secondary N) is 1. The van der Waals surface area contributed by atoms with E-state index < -0.39 is 0 Å². The number of methoxy groups -OCH3 is 1. The number of phenols is 1. The summed E-state index contributed by atoms with van der Waals surface area (Å²) >= 11 is 7.67. The molecule has 5 aromatic rings. The van der Waals surface area contributed by atoms with Crippen LogP contribution in [0.25, 0.3) is 33.2 Å². The van der Waals surface area contributed by atoms with Gasteiger partial charge >= 0.3 is 0 Å². The summed E-state index contributed by atoms with van der Waals surface area (Å²) in [5.41, 5.74) is 4.50. The summed E-state index contributed by atoms with van der Waals surface area (Å²) in [6, 6.07) is 18.1. The molecular formula is C26H19ClN2O4S. The van der Waals surface area contributed by atoms with Gasteiger partial charge < -0.3 is 19.9 Å². The van der Waals surface area contributed by atoms with E-state index >= 15 is 0 Å². The molecule has 0 radical (unpaired) electrons. The van der Waals surface area contributed by atoms with E-state index in [0.29, 0.717) is 37.7 Å². The van der Waals surface area contributed by atoms with Crippen molar-refractivity contribution in [2.24, 2.45) is 0 Å². The third-order valence-electron chi connectivity index (χ3n) is 5.67. The van der Waals surface area contributed by atoms with Gasteiger partial charge in [-0.25, -0.2) is 0 Å². The molecule has 0 aliphatic carbocycles. The van der Waals surface area contributed by atoms with Gasteiger partial charge in [0.15, 0.2) is 11.5 Å². The third kappa shape index (κ3) is 3.69. The first-order chi connectivity index (χ1) is 16.4. The van der Waals surface area contributed by atoms with E-state index in [1.807, 2.05) is 43.3 Å². The number of benzene rings is 3. The first-order valence-electron chi connectivity index (χ1n) is 10.4. The molecule has 34 heavy (non-hydrogen) atoms. The van der Waals surface area contributed by atoms with Crippen molar-refractivity contribution in [1.82, 2.24) is 9.36 Å². The number of ketones is 1. The average molecular weight is 491 g/mol. The summed E-state index contributed by atoms with van der Waals surface area (Å²) in [5, 5.41) is 22.0. The lowest BCUT2D eigenvalue weighted by Crippen LogP contribution is -1.98. The van der Waals surface area contributed by atoms with E-state index in [0.717, 1.165) is 28.4 Å². The highest BCUT2D eigenvalue weighted by atomic mass is 35.5. The number of carbonyl (C=O) groups is 1. The van der Waals surface area contributed by atoms with E-state index in [9.17, 15) is 15.0 Å². The number of aromatic amines is 1. The van der Waals surface area contributed by atoms with Crippen molar-refractivity contribution in [3.05, 3.63) is 81.8 Å². The lowest BCUT2D eigenvalue weighted by Gasteiger charge is -2.10. The van der Waals surface area contributed by atoms with Crippen molar-refractivity contribution < 1.29 is 19.7 Å². The summed E-state index contributed by atoms with van der Waals surface area (Å²) in [4.78, 5) is 16.4. The second-order valence-electron chi connectivity index (χ2n) is 7.82. The van der Waals surface area contributed by atoms with Gasteiger partial charge in [-0.05, 0) is 53.8 Å². The topological polar surface area (TPSA) is 95.4 Å². The van der Waals surface area contributed by atoms with Gasteiger partial charge in [0, 0.05) is 16.5 Å². The van der Waals surface area contributed by atoms with Gasteiger partial charge in [0.25, 0.3) is 0 Å². The Hall–Kier alpha value is -3.81. The van der Waals surface area contributed by atoms with Crippen LogP contribution < -0.4 is 4.74 Å². The Morgan fingerprint density at radius 1 is 1.03 bits per heavy atom. The Labute approximate surface area is 204 Å². The zero-order valence-corrected chi connectivity index (χ0v) is 19.8. The van der Waals surface area contributed by atoms with Gasteiger partial charge in [0.1, 0.15) is 0 Å². The molecule has 2 heterocycles. The van der Waals surface area contributed by atoms with Crippen LogP contribution in [0.3, 0.4) is 0 Å². The van der Waals surface area contributed by atoms with Crippen LogP contribution in [0, 0.1) is 6.92 Å². The van der Waals surface area contributed by atoms with E-state index in [1.165, 1.54) is 7.11 Å². The zero-order chi connectivity index (χ0) is 24.0. The molecular weight excluding hydrogens is 472 g/mol. The Morgan fingerprint density at radius 2 is 1.74 bits per heavy atom. The number of rotatable bonds is 5. The summed E-state index contributed by atoms with van der Waals surface area (Å²) in [5.74, 6) is -0.0354. The minimum atomic E-state index is -0.300. The van der Waals surface area contributed by atoms with Gasteiger partial charge in [-0.15, -0.1) is 0 Å². The molecule has 5 rings (SSSR count). The molecule has 0 atom stereocenters. The first kappa shape index (κ1) is 22.0. The Balaban J connectivity index is 1.58. The van der Waals surface area contributed by atoms with E-state index in [4.69, 9.17) is 16.3 Å². The number of fused-ring (bicyclic) bond motifs is 1. The lowest BCUT2D eigenvalue weighted by atomic mass is 9.97. The van der Waals surface area contributed by atoms with Gasteiger partial charge in [0.2, 0.25) is 11.7 Å². The number of hydrogen-bond donors (Lipinski definition) is 3. The number of carbonyl (C=O) groups excluding carboxylic acids is 1. The van der Waals surface area contributed by atoms with Crippen molar-refractivity contribution in [2.75, 3.05) is 7.11 Å². The van der Waals surface area contributed by atoms with Crippen LogP contribution >= 0.6 is 23.1 Å². The quantitative estimate of drug-likeness (QED) is 0.242. The summed E-state index contributed by atoms with van der Waals surface area (Å²) in [7, 11) is 1.51. The maximum absolute atomic E-state index is 13.1. The molecule has 0 unspecified atom stereocenters. The van der Waals surface area contributed by atoms with Crippen molar-refractivity contribution in [1.29, 1.82) is 0 Å². The fraction of sp³-hybridized carbons (Fsp3) is 0.0769. The second kappa shape index (κ2) is 8.52. The second-order valence-corrected chi connectivity index (χ2v) is 9.03. The predicted octanol–water partition coefficient (Wildman–Crippen LogP) is 6.57. The Morgan fingerprint density at radius 3 is 2.38 bits per heavy atom. The minimum absolute atomic E-state index is 0.0708. The van der Waals surface area contributed by atoms with Crippen molar-refractivity contribution in [3.63, 3.8) is 0 Å². The standard InChI is InChI=1S/C26H19ClN2O4S/c1-13-10-22(34-29-13)25(31)23-18-11-17(19(27)12-20(18)28-26(23)32)15-8-6-14(7-9-15)16-4-3-5-21(33-2)24(16)30/h3-12,28,30,32H,1-2H3. The molecule has 170 valence electrons. The largest absolute Gasteiger partial charge is 0.504 e. The molecule has 0 fully saturated rings. The molecule has 0 amide bonds. The number of hydrogen-bond acceptors (Lipinski definition) is 6. The predicted molar refractivity (Wildman–Crippen MR) is 134 cm³/mol. The molecule has 0 spiro atoms. The van der Waals surface area contributed by atoms with Crippen LogP contribution in [0.2, 0.25) is 5.02 Å². The van der Waals surface area contributed by atoms with Crippen molar-refractivity contribution >= 4 is 39.8 Å². The van der Waals surface area contributed by atoms with Crippen LogP contribution in [0.4, 0.5) is 0 Å². The lowest BCUT2D eigenvalue weighted by molar-refractivity contribution is 0.104. The van der Waals surface area contributed by atoms with E-state index in [-0.39, 0.29) is 23.0 Å². The monoisotopic (exact) mass is 490 g/mol. The number of H-pyrrole nitrogens is 1. The van der Waals surface area contributed by atoms with Crippen LogP contribution in [0.15, 0.2) is 60.7 Å². The van der Waals surface area contributed by atoms with E-state index in [1.54, 1.807) is 24.3 Å². The third-order valence-corrected chi connectivity index (χ3v) is 6.86. The molecule has 0 aliphatic rings. The van der Waals surface area contributed by atoms with Gasteiger partial charge in [0.05, 0.1) is 33.8 Å². The van der Waals surface area contributed by atoms with Gasteiger partial charge in [-0.1, -0.05) is 48.0 Å². The molecule has 0 saturated carbocycles. The number of ether oxygens (including phenoxy) is 1. The normalized spacial score (nSPS) is 11.1. The van der Waals surface area contributed by atoms with Crippen molar-refractivity contribution in [3.8, 4) is 39.6 Å². The summed E-state index contributed by atoms with van der Waals surface area (Å²) < 4.78 is 9.37. The molecule has 6 nitrogen and oxygen atoms in total. The fourth-order valence-corrected chi connectivity index (χ4v) is 4.97. The van der Waals surface area contributed by atoms with E-state index in [2.05, 4.69) is 9.36 Å². The number of aryl methyl sites for hydroxylation is 1. The van der Waals surface area contributed by atoms with Crippen LogP contribution in [0.1, 0.15) is 20.9 Å². The SMILES string of the molecule is COc1cccc(-c2ccc(-c3cc4c(C(=O)c5cc(C)ns5)c(O)[nH]c4cc3Cl)cc2)c1O. The molecule has 3 N–H and O–H groups in total. The number of aromatic nitrogens is 2. The highest BCUT2D eigenvalue weighted by Gasteiger charge is 2.23. The summed E-state index contributed by atoms with van der Waals surface area (Å²) in [6.07, 6.45) is 0. The number of para-hydroxylation sites is 1. The maximum Gasteiger partial charge on any atom is 0.210 e. The smallest absolute Gasteiger partial charge is 0.210 e. The fourth-order valence-electron chi connectivity index (χ4n) is 4.00. The number of nitrogens with zero attached hydrogens (tertiary/aromatic N) is 1. The number of phenolic OH excluding ortho intramolecular Hbond substituents is 1. The molecule has 3 aromatic carbocycles. The molecule has 0 aliphatic heterocycles. The molecule has 0 saturated heterocycles. The Bertz CT molecular complexity index is 1550. The Kier molecular flexibility index (Phi) is 5.51. The molecule has 0 bridgehead atoms. The van der Waals surface area contributed by atoms with Crippen LogP contribution in [0.5, 0.6) is 17.4 Å². The highest BCUT2D eigenvalue weighted by Crippen LogP contribution is 2.40.